The van der Waals surface area contributed by atoms with E-state index >= 15 is 0 Å². The highest BCUT2D eigenvalue weighted by Gasteiger charge is 2.25. The molecule has 1 atom stereocenters. The van der Waals surface area contributed by atoms with E-state index in [1.807, 2.05) is 25.7 Å². The molecule has 0 aromatic carbocycles. The van der Waals surface area contributed by atoms with Gasteiger partial charge in [0.1, 0.15) is 0 Å². The van der Waals surface area contributed by atoms with Crippen molar-refractivity contribution in [2.45, 2.75) is 32.4 Å². The molecule has 1 saturated heterocycles. The molecule has 0 aliphatic carbocycles. The number of ether oxygens (including phenoxy) is 1. The Kier molecular flexibility index (Phi) is 3.58. The van der Waals surface area contributed by atoms with Crippen LogP contribution < -0.4 is 10.5 Å². The summed E-state index contributed by atoms with van der Waals surface area (Å²) in [4.78, 5) is 18.4. The maximum absolute atomic E-state index is 12.4. The molecule has 2 rings (SSSR count). The van der Waals surface area contributed by atoms with Crippen LogP contribution in [0.5, 0.6) is 0 Å². The van der Waals surface area contributed by atoms with Gasteiger partial charge in [0, 0.05) is 24.5 Å². The monoisotopic (exact) mass is 262 g/mol. The first-order valence-electron chi connectivity index (χ1n) is 6.28. The molecule has 6 nitrogen and oxygen atoms in total. The van der Waals surface area contributed by atoms with Gasteiger partial charge in [-0.15, -0.1) is 0 Å². The Labute approximate surface area is 112 Å². The summed E-state index contributed by atoms with van der Waals surface area (Å²) in [5, 5.41) is 8.90. The summed E-state index contributed by atoms with van der Waals surface area (Å²) in [7, 11) is 0. The van der Waals surface area contributed by atoms with Crippen molar-refractivity contribution in [1.82, 2.24) is 9.55 Å². The average molecular weight is 262 g/mol. The lowest BCUT2D eigenvalue weighted by atomic mass is 10.1. The summed E-state index contributed by atoms with van der Waals surface area (Å²) in [6.07, 6.45) is 2.81. The van der Waals surface area contributed by atoms with Gasteiger partial charge in [-0.1, -0.05) is 0 Å². The minimum Gasteiger partial charge on any atom is -0.360 e. The van der Waals surface area contributed by atoms with E-state index in [9.17, 15) is 4.79 Å². The molecule has 1 unspecified atom stereocenters. The first-order chi connectivity index (χ1) is 8.93. The molecule has 1 aliphatic rings. The fraction of sp³-hybridized carbons (Fsp3) is 0.615. The van der Waals surface area contributed by atoms with E-state index in [0.29, 0.717) is 25.5 Å². The predicted octanol–water partition coefficient (Wildman–Crippen LogP) is 0.727. The van der Waals surface area contributed by atoms with E-state index in [2.05, 4.69) is 11.1 Å². The SMILES string of the molecule is CC(C)(C)n1ccnc(N2CCOC(C#N)C2)c1=O. The minimum absolute atomic E-state index is 0.131. The minimum atomic E-state index is -0.502. The Morgan fingerprint density at radius 1 is 1.53 bits per heavy atom. The van der Waals surface area contributed by atoms with Crippen molar-refractivity contribution in [2.75, 3.05) is 24.6 Å². The number of nitrogens with zero attached hydrogens (tertiary/aromatic N) is 4. The lowest BCUT2D eigenvalue weighted by Gasteiger charge is -2.31. The van der Waals surface area contributed by atoms with Crippen LogP contribution in [-0.4, -0.2) is 35.4 Å². The van der Waals surface area contributed by atoms with E-state index in [1.54, 1.807) is 17.0 Å². The van der Waals surface area contributed by atoms with Crippen molar-refractivity contribution in [2.24, 2.45) is 0 Å². The van der Waals surface area contributed by atoms with Gasteiger partial charge in [0.05, 0.1) is 19.2 Å². The predicted molar refractivity (Wildman–Crippen MR) is 71.1 cm³/mol. The van der Waals surface area contributed by atoms with Gasteiger partial charge in [-0.05, 0) is 20.8 Å². The van der Waals surface area contributed by atoms with Crippen molar-refractivity contribution in [3.05, 3.63) is 22.7 Å². The average Bonchev–Trinajstić information content (AvgIpc) is 2.37. The zero-order valence-corrected chi connectivity index (χ0v) is 11.5. The Bertz CT molecular complexity index is 553. The molecule has 1 aliphatic heterocycles. The van der Waals surface area contributed by atoms with Crippen molar-refractivity contribution in [1.29, 1.82) is 5.26 Å². The van der Waals surface area contributed by atoms with Gasteiger partial charge in [0.25, 0.3) is 5.56 Å². The third-order valence-electron chi connectivity index (χ3n) is 3.06. The van der Waals surface area contributed by atoms with Gasteiger partial charge < -0.3 is 14.2 Å². The van der Waals surface area contributed by atoms with Crippen molar-refractivity contribution in [3.8, 4) is 6.07 Å². The molecule has 19 heavy (non-hydrogen) atoms. The summed E-state index contributed by atoms with van der Waals surface area (Å²) >= 11 is 0. The number of hydrogen-bond donors (Lipinski definition) is 0. The Balaban J connectivity index is 2.36. The molecule has 0 saturated carbocycles. The molecule has 1 aromatic heterocycles. The third-order valence-corrected chi connectivity index (χ3v) is 3.06. The maximum atomic E-state index is 12.4. The standard InChI is InChI=1S/C13H18N4O2/c1-13(2,3)17-5-4-15-11(12(17)18)16-6-7-19-10(8-14)9-16/h4-5,10H,6-7,9H2,1-3H3. The molecule has 1 fully saturated rings. The van der Waals surface area contributed by atoms with Crippen LogP contribution >= 0.6 is 0 Å². The fourth-order valence-corrected chi connectivity index (χ4v) is 2.07. The quantitative estimate of drug-likeness (QED) is 0.746. The molecule has 0 bridgehead atoms. The van der Waals surface area contributed by atoms with Crippen LogP contribution in [0.4, 0.5) is 5.82 Å². The molecule has 0 radical (unpaired) electrons. The summed E-state index contributed by atoms with van der Waals surface area (Å²) in [6, 6.07) is 2.07. The van der Waals surface area contributed by atoms with Gasteiger partial charge in [0.2, 0.25) is 0 Å². The molecular formula is C13H18N4O2. The van der Waals surface area contributed by atoms with Gasteiger partial charge >= 0.3 is 0 Å². The molecule has 0 N–H and O–H groups in total. The summed E-state index contributed by atoms with van der Waals surface area (Å²) in [5.41, 5.74) is -0.427. The molecule has 2 heterocycles. The summed E-state index contributed by atoms with van der Waals surface area (Å²) < 4.78 is 6.94. The molecular weight excluding hydrogens is 244 g/mol. The van der Waals surface area contributed by atoms with Gasteiger partial charge in [0.15, 0.2) is 11.9 Å². The van der Waals surface area contributed by atoms with E-state index in [1.165, 1.54) is 0 Å². The van der Waals surface area contributed by atoms with Crippen LogP contribution in [0, 0.1) is 11.3 Å². The molecule has 1 aromatic rings. The van der Waals surface area contributed by atoms with Crippen LogP contribution in [0.3, 0.4) is 0 Å². The Morgan fingerprint density at radius 3 is 2.89 bits per heavy atom. The van der Waals surface area contributed by atoms with Gasteiger partial charge in [-0.25, -0.2) is 4.98 Å². The van der Waals surface area contributed by atoms with E-state index in [0.717, 1.165) is 0 Å². The highest BCUT2D eigenvalue weighted by atomic mass is 16.5. The second-order valence-electron chi connectivity index (χ2n) is 5.53. The van der Waals surface area contributed by atoms with Crippen LogP contribution in [0.15, 0.2) is 17.2 Å². The molecule has 102 valence electrons. The largest absolute Gasteiger partial charge is 0.360 e. The van der Waals surface area contributed by atoms with Crippen molar-refractivity contribution >= 4 is 5.82 Å². The van der Waals surface area contributed by atoms with E-state index < -0.39 is 6.10 Å². The Morgan fingerprint density at radius 2 is 2.26 bits per heavy atom. The lowest BCUT2D eigenvalue weighted by Crippen LogP contribution is -2.46. The van der Waals surface area contributed by atoms with Gasteiger partial charge in [-0.3, -0.25) is 4.79 Å². The number of nitriles is 1. The van der Waals surface area contributed by atoms with Crippen molar-refractivity contribution in [3.63, 3.8) is 0 Å². The number of morpholine rings is 1. The molecule has 0 amide bonds. The zero-order chi connectivity index (χ0) is 14.0. The Hall–Kier alpha value is -1.87. The van der Waals surface area contributed by atoms with Crippen LogP contribution in [0.2, 0.25) is 0 Å². The smallest absolute Gasteiger partial charge is 0.293 e. The van der Waals surface area contributed by atoms with Crippen LogP contribution in [0.25, 0.3) is 0 Å². The second kappa shape index (κ2) is 5.02. The number of hydrogen-bond acceptors (Lipinski definition) is 5. The van der Waals surface area contributed by atoms with E-state index in [-0.39, 0.29) is 11.1 Å². The van der Waals surface area contributed by atoms with Crippen LogP contribution in [0.1, 0.15) is 20.8 Å². The highest BCUT2D eigenvalue weighted by Crippen LogP contribution is 2.14. The lowest BCUT2D eigenvalue weighted by molar-refractivity contribution is 0.0759. The third kappa shape index (κ3) is 2.76. The molecule has 6 heteroatoms. The maximum Gasteiger partial charge on any atom is 0.293 e. The summed E-state index contributed by atoms with van der Waals surface area (Å²) in [5.74, 6) is 0.390. The number of aromatic nitrogens is 2. The normalized spacial score (nSPS) is 20.1. The number of rotatable bonds is 1. The second-order valence-corrected chi connectivity index (χ2v) is 5.53. The van der Waals surface area contributed by atoms with Crippen molar-refractivity contribution < 1.29 is 4.74 Å². The van der Waals surface area contributed by atoms with Crippen LogP contribution in [-0.2, 0) is 10.3 Å². The molecule has 0 spiro atoms. The first kappa shape index (κ1) is 13.6. The fourth-order valence-electron chi connectivity index (χ4n) is 2.07. The zero-order valence-electron chi connectivity index (χ0n) is 11.5. The van der Waals surface area contributed by atoms with E-state index in [4.69, 9.17) is 10.00 Å². The number of anilines is 1. The summed E-state index contributed by atoms with van der Waals surface area (Å²) in [6.45, 7) is 7.30. The first-order valence-corrected chi connectivity index (χ1v) is 6.28. The van der Waals surface area contributed by atoms with Gasteiger partial charge in [-0.2, -0.15) is 5.26 Å². The topological polar surface area (TPSA) is 71.2 Å². The highest BCUT2D eigenvalue weighted by molar-refractivity contribution is 5.37.